The average molecular weight is 242 g/mol. The Balaban J connectivity index is 2.55. The Kier molecular flexibility index (Phi) is 5.11. The summed E-state index contributed by atoms with van der Waals surface area (Å²) in [5.74, 6) is 0.459. The first kappa shape index (κ1) is 13.7. The molecular formula is C11H18N2O4. The number of methoxy groups -OCH3 is 1. The van der Waals surface area contributed by atoms with Crippen LogP contribution in [-0.2, 0) is 16.0 Å². The van der Waals surface area contributed by atoms with Crippen LogP contribution in [0.3, 0.4) is 0 Å². The molecule has 0 aliphatic rings. The Morgan fingerprint density at radius 2 is 2.29 bits per heavy atom. The van der Waals surface area contributed by atoms with Gasteiger partial charge in [-0.15, -0.1) is 0 Å². The van der Waals surface area contributed by atoms with Crippen LogP contribution in [0.5, 0.6) is 0 Å². The molecular weight excluding hydrogens is 224 g/mol. The van der Waals surface area contributed by atoms with Gasteiger partial charge in [0, 0.05) is 12.7 Å². The van der Waals surface area contributed by atoms with Crippen molar-refractivity contribution >= 4 is 5.91 Å². The summed E-state index contributed by atoms with van der Waals surface area (Å²) in [7, 11) is 1.52. The van der Waals surface area contributed by atoms with Crippen LogP contribution in [0, 0.1) is 13.8 Å². The highest BCUT2D eigenvalue weighted by Gasteiger charge is 2.16. The molecule has 1 amide bonds. The number of hydrogen-bond acceptors (Lipinski definition) is 5. The topological polar surface area (TPSA) is 84.6 Å². The van der Waals surface area contributed by atoms with Gasteiger partial charge in [-0.1, -0.05) is 5.16 Å². The Hall–Kier alpha value is -1.40. The lowest BCUT2D eigenvalue weighted by Crippen LogP contribution is -2.41. The third-order valence-corrected chi connectivity index (χ3v) is 2.47. The van der Waals surface area contributed by atoms with Gasteiger partial charge >= 0.3 is 0 Å². The van der Waals surface area contributed by atoms with Crippen LogP contribution >= 0.6 is 0 Å². The maximum Gasteiger partial charge on any atom is 0.225 e. The molecule has 0 saturated carbocycles. The number of rotatable bonds is 6. The molecule has 0 bridgehead atoms. The van der Waals surface area contributed by atoms with E-state index < -0.39 is 0 Å². The summed E-state index contributed by atoms with van der Waals surface area (Å²) in [6.07, 6.45) is 0.196. The maximum absolute atomic E-state index is 11.7. The van der Waals surface area contributed by atoms with Crippen molar-refractivity contribution in [1.82, 2.24) is 10.5 Å². The van der Waals surface area contributed by atoms with Crippen LogP contribution in [0.2, 0.25) is 0 Å². The number of aliphatic hydroxyl groups excluding tert-OH is 1. The molecule has 1 atom stereocenters. The lowest BCUT2D eigenvalue weighted by molar-refractivity contribution is -0.121. The third kappa shape index (κ3) is 3.83. The Bertz CT molecular complexity index is 356. The number of ether oxygens (including phenoxy) is 1. The Morgan fingerprint density at radius 3 is 2.76 bits per heavy atom. The van der Waals surface area contributed by atoms with E-state index in [1.54, 1.807) is 13.8 Å². The first-order valence-electron chi connectivity index (χ1n) is 5.39. The van der Waals surface area contributed by atoms with Gasteiger partial charge in [0.25, 0.3) is 0 Å². The van der Waals surface area contributed by atoms with Crippen LogP contribution < -0.4 is 5.32 Å². The number of aromatic nitrogens is 1. The van der Waals surface area contributed by atoms with Crippen LogP contribution in [0.25, 0.3) is 0 Å². The van der Waals surface area contributed by atoms with Gasteiger partial charge in [-0.2, -0.15) is 0 Å². The third-order valence-electron chi connectivity index (χ3n) is 2.47. The number of hydrogen-bond donors (Lipinski definition) is 2. The Morgan fingerprint density at radius 1 is 1.59 bits per heavy atom. The SMILES string of the molecule is COCC(CO)NC(=O)Cc1c(C)noc1C. The fourth-order valence-electron chi connectivity index (χ4n) is 1.53. The summed E-state index contributed by atoms with van der Waals surface area (Å²) < 4.78 is 9.84. The molecule has 6 heteroatoms. The summed E-state index contributed by atoms with van der Waals surface area (Å²) in [4.78, 5) is 11.7. The van der Waals surface area contributed by atoms with Gasteiger partial charge in [-0.3, -0.25) is 4.79 Å². The van der Waals surface area contributed by atoms with Crippen LogP contribution in [0.1, 0.15) is 17.0 Å². The highest BCUT2D eigenvalue weighted by Crippen LogP contribution is 2.12. The summed E-state index contributed by atoms with van der Waals surface area (Å²) in [5.41, 5.74) is 1.50. The number of nitrogens with zero attached hydrogens (tertiary/aromatic N) is 1. The van der Waals surface area contributed by atoms with E-state index in [-0.39, 0.29) is 31.6 Å². The van der Waals surface area contributed by atoms with Crippen molar-refractivity contribution < 1.29 is 19.2 Å². The molecule has 17 heavy (non-hydrogen) atoms. The van der Waals surface area contributed by atoms with Gasteiger partial charge in [0.15, 0.2) is 0 Å². The first-order valence-corrected chi connectivity index (χ1v) is 5.39. The number of aliphatic hydroxyl groups is 1. The van der Waals surface area contributed by atoms with Gasteiger partial charge < -0.3 is 19.7 Å². The van der Waals surface area contributed by atoms with Crippen molar-refractivity contribution in [2.75, 3.05) is 20.3 Å². The van der Waals surface area contributed by atoms with E-state index >= 15 is 0 Å². The summed E-state index contributed by atoms with van der Waals surface area (Å²) >= 11 is 0. The summed E-state index contributed by atoms with van der Waals surface area (Å²) in [6.45, 7) is 3.68. The fraction of sp³-hybridized carbons (Fsp3) is 0.636. The van der Waals surface area contributed by atoms with Crippen molar-refractivity contribution in [3.63, 3.8) is 0 Å². The van der Waals surface area contributed by atoms with Crippen molar-refractivity contribution in [2.24, 2.45) is 0 Å². The highest BCUT2D eigenvalue weighted by molar-refractivity contribution is 5.79. The predicted octanol–water partition coefficient (Wildman–Crippen LogP) is -0.0426. The van der Waals surface area contributed by atoms with Crippen LogP contribution in [-0.4, -0.2) is 42.5 Å². The van der Waals surface area contributed by atoms with Gasteiger partial charge in [0.1, 0.15) is 5.76 Å². The van der Waals surface area contributed by atoms with Crippen LogP contribution in [0.4, 0.5) is 0 Å². The molecule has 2 N–H and O–H groups in total. The van der Waals surface area contributed by atoms with Crippen molar-refractivity contribution in [3.8, 4) is 0 Å². The van der Waals surface area contributed by atoms with E-state index in [2.05, 4.69) is 10.5 Å². The molecule has 0 aliphatic heterocycles. The van der Waals surface area contributed by atoms with Gasteiger partial charge in [0.05, 0.1) is 31.4 Å². The largest absolute Gasteiger partial charge is 0.394 e. The standard InChI is InChI=1S/C11H18N2O4/c1-7-10(8(2)17-13-7)4-11(15)12-9(5-14)6-16-3/h9,14H,4-6H2,1-3H3,(H,12,15). The molecule has 0 spiro atoms. The normalized spacial score (nSPS) is 12.5. The number of aryl methyl sites for hydroxylation is 2. The molecule has 0 fully saturated rings. The van der Waals surface area contributed by atoms with E-state index in [1.807, 2.05) is 0 Å². The Labute approximate surface area is 99.9 Å². The molecule has 96 valence electrons. The molecule has 0 radical (unpaired) electrons. The number of amides is 1. The number of carbonyl (C=O) groups is 1. The maximum atomic E-state index is 11.7. The molecule has 1 aromatic rings. The molecule has 1 heterocycles. The summed E-state index contributed by atoms with van der Waals surface area (Å²) in [5, 5.41) is 15.5. The average Bonchev–Trinajstić information content (AvgIpc) is 2.60. The van der Waals surface area contributed by atoms with E-state index in [0.717, 1.165) is 5.56 Å². The van der Waals surface area contributed by atoms with Gasteiger partial charge in [0.2, 0.25) is 5.91 Å². The van der Waals surface area contributed by atoms with Crippen LogP contribution in [0.15, 0.2) is 4.52 Å². The molecule has 0 aliphatic carbocycles. The molecule has 6 nitrogen and oxygen atoms in total. The number of carbonyl (C=O) groups excluding carboxylic acids is 1. The first-order chi connectivity index (χ1) is 8.08. The zero-order chi connectivity index (χ0) is 12.8. The zero-order valence-corrected chi connectivity index (χ0v) is 10.3. The number of nitrogens with one attached hydrogen (secondary N) is 1. The van der Waals surface area contributed by atoms with E-state index in [1.165, 1.54) is 7.11 Å². The van der Waals surface area contributed by atoms with E-state index in [4.69, 9.17) is 14.4 Å². The lowest BCUT2D eigenvalue weighted by Gasteiger charge is -2.14. The monoisotopic (exact) mass is 242 g/mol. The molecule has 1 unspecified atom stereocenters. The molecule has 1 aromatic heterocycles. The van der Waals surface area contributed by atoms with Crippen molar-refractivity contribution in [3.05, 3.63) is 17.0 Å². The van der Waals surface area contributed by atoms with Crippen molar-refractivity contribution in [2.45, 2.75) is 26.3 Å². The predicted molar refractivity (Wildman–Crippen MR) is 60.6 cm³/mol. The minimum Gasteiger partial charge on any atom is -0.394 e. The highest BCUT2D eigenvalue weighted by atomic mass is 16.5. The van der Waals surface area contributed by atoms with Gasteiger partial charge in [-0.25, -0.2) is 0 Å². The lowest BCUT2D eigenvalue weighted by atomic mass is 10.1. The summed E-state index contributed by atoms with van der Waals surface area (Å²) in [6, 6.07) is -0.382. The van der Waals surface area contributed by atoms with E-state index in [9.17, 15) is 4.79 Å². The smallest absolute Gasteiger partial charge is 0.225 e. The molecule has 0 saturated heterocycles. The second-order valence-electron chi connectivity index (χ2n) is 3.88. The minimum atomic E-state index is -0.382. The zero-order valence-electron chi connectivity index (χ0n) is 10.3. The van der Waals surface area contributed by atoms with E-state index in [0.29, 0.717) is 11.5 Å². The minimum absolute atomic E-state index is 0.152. The fourth-order valence-corrected chi connectivity index (χ4v) is 1.53. The quantitative estimate of drug-likeness (QED) is 0.731. The molecule has 1 rings (SSSR count). The molecule has 0 aromatic carbocycles. The van der Waals surface area contributed by atoms with Gasteiger partial charge in [-0.05, 0) is 13.8 Å². The second-order valence-corrected chi connectivity index (χ2v) is 3.88. The second kappa shape index (κ2) is 6.36. The van der Waals surface area contributed by atoms with Crippen molar-refractivity contribution in [1.29, 1.82) is 0 Å².